The normalized spacial score (nSPS) is 13.3. The van der Waals surface area contributed by atoms with E-state index in [0.717, 1.165) is 49.7 Å². The molecule has 1 aromatic carbocycles. The fourth-order valence-corrected chi connectivity index (χ4v) is 3.59. The Bertz CT molecular complexity index is 651. The Morgan fingerprint density at radius 1 is 1.07 bits per heavy atom. The van der Waals surface area contributed by atoms with E-state index in [0.29, 0.717) is 6.42 Å². The summed E-state index contributed by atoms with van der Waals surface area (Å²) in [5.74, 6) is 1.17. The highest BCUT2D eigenvalue weighted by Gasteiger charge is 2.20. The summed E-state index contributed by atoms with van der Waals surface area (Å²) >= 11 is 1.58. The zero-order chi connectivity index (χ0) is 16.1. The lowest BCUT2D eigenvalue weighted by Gasteiger charge is -2.36. The van der Waals surface area contributed by atoms with Crippen LogP contribution in [0.3, 0.4) is 0 Å². The molecule has 0 spiro atoms. The van der Waals surface area contributed by atoms with Crippen molar-refractivity contribution in [1.82, 2.24) is 4.90 Å². The van der Waals surface area contributed by atoms with Gasteiger partial charge in [-0.15, -0.1) is 24.8 Å². The molecule has 3 rings (SSSR count). The number of benzene rings is 1. The number of thiophene rings is 1. The molecular formula is C18H28Cl2N2O4S. The van der Waals surface area contributed by atoms with Crippen molar-refractivity contribution in [3.63, 3.8) is 0 Å². The van der Waals surface area contributed by atoms with E-state index in [-0.39, 0.29) is 41.5 Å². The van der Waals surface area contributed by atoms with Gasteiger partial charge in [0.05, 0.1) is 12.8 Å². The van der Waals surface area contributed by atoms with Crippen molar-refractivity contribution in [1.29, 1.82) is 0 Å². The third-order valence-electron chi connectivity index (χ3n) is 4.30. The van der Waals surface area contributed by atoms with Crippen molar-refractivity contribution in [2.75, 3.05) is 44.7 Å². The lowest BCUT2D eigenvalue weighted by Crippen LogP contribution is -2.47. The predicted molar refractivity (Wildman–Crippen MR) is 117 cm³/mol. The van der Waals surface area contributed by atoms with Gasteiger partial charge in [-0.1, -0.05) is 12.1 Å². The maximum absolute atomic E-state index is 12.1. The molecule has 1 aromatic heterocycles. The van der Waals surface area contributed by atoms with Crippen molar-refractivity contribution in [3.8, 4) is 5.75 Å². The van der Waals surface area contributed by atoms with Crippen LogP contribution >= 0.6 is 36.2 Å². The molecule has 0 atom stereocenters. The average molecular weight is 439 g/mol. The number of anilines is 1. The zero-order valence-electron chi connectivity index (χ0n) is 15.2. The van der Waals surface area contributed by atoms with Gasteiger partial charge in [0.1, 0.15) is 5.75 Å². The molecular weight excluding hydrogens is 411 g/mol. The van der Waals surface area contributed by atoms with Crippen LogP contribution in [-0.2, 0) is 0 Å². The van der Waals surface area contributed by atoms with E-state index in [1.165, 1.54) is 0 Å². The first-order valence-electron chi connectivity index (χ1n) is 7.93. The summed E-state index contributed by atoms with van der Waals surface area (Å²) in [7, 11) is 1.71. The lowest BCUT2D eigenvalue weighted by atomic mass is 10.1. The second-order valence-corrected chi connectivity index (χ2v) is 6.47. The van der Waals surface area contributed by atoms with E-state index in [1.807, 2.05) is 35.0 Å². The number of halogens is 2. The standard InChI is InChI=1S/C18H22N2O2S.2ClH.2H2O/c1-22-18-5-3-2-4-16(18)20-11-9-19(10-12-20)8-6-17(21)15-7-13-23-14-15;;;;/h2-5,7,13-14H,6,8-12H2,1H3;2*1H;2*1H2. The zero-order valence-corrected chi connectivity index (χ0v) is 17.7. The number of methoxy groups -OCH3 is 1. The van der Waals surface area contributed by atoms with Crippen molar-refractivity contribution < 1.29 is 20.5 Å². The molecule has 0 bridgehead atoms. The molecule has 1 aliphatic heterocycles. The van der Waals surface area contributed by atoms with Gasteiger partial charge in [0.25, 0.3) is 0 Å². The fourth-order valence-electron chi connectivity index (χ4n) is 2.93. The smallest absolute Gasteiger partial charge is 0.164 e. The van der Waals surface area contributed by atoms with Gasteiger partial charge in [0.2, 0.25) is 0 Å². The van der Waals surface area contributed by atoms with Crippen molar-refractivity contribution >= 4 is 47.6 Å². The Balaban J connectivity index is 0. The minimum atomic E-state index is 0. The number of hydrogen-bond acceptors (Lipinski definition) is 5. The maximum atomic E-state index is 12.1. The topological polar surface area (TPSA) is 95.8 Å². The molecule has 0 unspecified atom stereocenters. The molecule has 1 saturated heterocycles. The number of para-hydroxylation sites is 2. The Kier molecular flexibility index (Phi) is 14.2. The molecule has 1 fully saturated rings. The molecule has 4 N–H and O–H groups in total. The minimum absolute atomic E-state index is 0. The van der Waals surface area contributed by atoms with E-state index in [2.05, 4.69) is 15.9 Å². The van der Waals surface area contributed by atoms with Crippen LogP contribution in [0.5, 0.6) is 5.75 Å². The number of rotatable bonds is 6. The van der Waals surface area contributed by atoms with Crippen LogP contribution in [0, 0.1) is 0 Å². The number of carbonyl (C=O) groups excluding carboxylic acids is 1. The first-order valence-corrected chi connectivity index (χ1v) is 8.88. The number of carbonyl (C=O) groups is 1. The summed E-state index contributed by atoms with van der Waals surface area (Å²) in [5, 5.41) is 3.89. The SMILES string of the molecule is COc1ccccc1N1CCN(CCC(=O)c2ccsc2)CC1.Cl.Cl.O.O. The van der Waals surface area contributed by atoms with E-state index >= 15 is 0 Å². The number of Topliss-reactive ketones (excluding diaryl/α,β-unsaturated/α-hetero) is 1. The molecule has 2 aromatic rings. The lowest BCUT2D eigenvalue weighted by molar-refractivity contribution is 0.0963. The van der Waals surface area contributed by atoms with Gasteiger partial charge in [-0.05, 0) is 23.6 Å². The highest BCUT2D eigenvalue weighted by atomic mass is 35.5. The summed E-state index contributed by atoms with van der Waals surface area (Å²) < 4.78 is 5.45. The summed E-state index contributed by atoms with van der Waals surface area (Å²) in [6, 6.07) is 10.1. The first kappa shape index (κ1) is 27.9. The molecule has 1 aliphatic rings. The van der Waals surface area contributed by atoms with Gasteiger partial charge in [0, 0.05) is 50.1 Å². The summed E-state index contributed by atoms with van der Waals surface area (Å²) in [6.45, 7) is 4.73. The number of nitrogens with zero attached hydrogens (tertiary/aromatic N) is 2. The van der Waals surface area contributed by atoms with Crippen LogP contribution in [0.2, 0.25) is 0 Å². The fraction of sp³-hybridized carbons (Fsp3) is 0.389. The average Bonchev–Trinajstić information content (AvgIpc) is 3.15. The molecule has 27 heavy (non-hydrogen) atoms. The molecule has 6 nitrogen and oxygen atoms in total. The molecule has 0 saturated carbocycles. The van der Waals surface area contributed by atoms with Crippen LogP contribution in [-0.4, -0.2) is 61.5 Å². The number of ketones is 1. The second kappa shape index (κ2) is 13.8. The molecule has 0 aliphatic carbocycles. The highest BCUT2D eigenvalue weighted by molar-refractivity contribution is 7.08. The minimum Gasteiger partial charge on any atom is -0.495 e. The van der Waals surface area contributed by atoms with Gasteiger partial charge in [-0.25, -0.2) is 0 Å². The van der Waals surface area contributed by atoms with E-state index in [4.69, 9.17) is 4.74 Å². The van der Waals surface area contributed by atoms with Gasteiger partial charge in [-0.3, -0.25) is 9.69 Å². The summed E-state index contributed by atoms with van der Waals surface area (Å²) in [5.41, 5.74) is 2.01. The van der Waals surface area contributed by atoms with Crippen LogP contribution in [0.4, 0.5) is 5.69 Å². The quantitative estimate of drug-likeness (QED) is 0.646. The second-order valence-electron chi connectivity index (χ2n) is 5.69. The molecule has 154 valence electrons. The predicted octanol–water partition coefficient (Wildman–Crippen LogP) is 2.35. The largest absolute Gasteiger partial charge is 0.495 e. The van der Waals surface area contributed by atoms with Crippen molar-refractivity contribution in [2.24, 2.45) is 0 Å². The molecule has 0 radical (unpaired) electrons. The molecule has 2 heterocycles. The number of ether oxygens (including phenoxy) is 1. The van der Waals surface area contributed by atoms with Crippen LogP contribution in [0.25, 0.3) is 0 Å². The van der Waals surface area contributed by atoms with Crippen LogP contribution in [0.1, 0.15) is 16.8 Å². The van der Waals surface area contributed by atoms with Crippen LogP contribution in [0.15, 0.2) is 41.1 Å². The monoisotopic (exact) mass is 438 g/mol. The van der Waals surface area contributed by atoms with E-state index in [1.54, 1.807) is 18.4 Å². The first-order chi connectivity index (χ1) is 11.3. The molecule has 0 amide bonds. The summed E-state index contributed by atoms with van der Waals surface area (Å²) in [6.07, 6.45) is 0.603. The van der Waals surface area contributed by atoms with Gasteiger partial charge < -0.3 is 20.6 Å². The van der Waals surface area contributed by atoms with E-state index < -0.39 is 0 Å². The Morgan fingerprint density at radius 3 is 2.33 bits per heavy atom. The van der Waals surface area contributed by atoms with Gasteiger partial charge >= 0.3 is 0 Å². The Labute approximate surface area is 176 Å². The Hall–Kier alpha value is -1.35. The summed E-state index contributed by atoms with van der Waals surface area (Å²) in [4.78, 5) is 16.8. The third-order valence-corrected chi connectivity index (χ3v) is 4.98. The van der Waals surface area contributed by atoms with Crippen molar-refractivity contribution in [3.05, 3.63) is 46.7 Å². The van der Waals surface area contributed by atoms with Crippen molar-refractivity contribution in [2.45, 2.75) is 6.42 Å². The van der Waals surface area contributed by atoms with Crippen LogP contribution < -0.4 is 9.64 Å². The van der Waals surface area contributed by atoms with E-state index in [9.17, 15) is 4.79 Å². The van der Waals surface area contributed by atoms with Gasteiger partial charge in [0.15, 0.2) is 5.78 Å². The Morgan fingerprint density at radius 2 is 1.74 bits per heavy atom. The maximum Gasteiger partial charge on any atom is 0.164 e. The third kappa shape index (κ3) is 7.29. The van der Waals surface area contributed by atoms with Gasteiger partial charge in [-0.2, -0.15) is 11.3 Å². The number of piperazine rings is 1. The number of hydrogen-bond donors (Lipinski definition) is 0. The molecule has 9 heteroatoms. The highest BCUT2D eigenvalue weighted by Crippen LogP contribution is 2.28.